The van der Waals surface area contributed by atoms with Crippen molar-refractivity contribution < 1.29 is 0 Å². The minimum Gasteiger partial charge on any atom is -0.0654 e. The molecule has 0 aliphatic heterocycles. The maximum atomic E-state index is 2.57. The van der Waals surface area contributed by atoms with E-state index in [0.717, 1.165) is 41.4 Å². The smallest absolute Gasteiger partial charge is 0.0412 e. The van der Waals surface area contributed by atoms with Crippen molar-refractivity contribution in [3.8, 4) is 0 Å². The molecule has 0 rings (SSSR count). The lowest BCUT2D eigenvalue weighted by molar-refractivity contribution is 0.293. The van der Waals surface area contributed by atoms with Crippen molar-refractivity contribution in [2.45, 2.75) is 191 Å². The fourth-order valence-corrected chi connectivity index (χ4v) is 6.25. The van der Waals surface area contributed by atoms with Crippen molar-refractivity contribution in [2.24, 2.45) is 41.4 Å². The van der Waals surface area contributed by atoms with Gasteiger partial charge in [0.1, 0.15) is 0 Å². The van der Waals surface area contributed by atoms with Gasteiger partial charge in [-0.05, 0) is 47.8 Å². The van der Waals surface area contributed by atoms with E-state index in [4.69, 9.17) is 0 Å². The van der Waals surface area contributed by atoms with Gasteiger partial charge in [0.15, 0.2) is 0 Å². The Balaban J connectivity index is 4.22. The summed E-state index contributed by atoms with van der Waals surface area (Å²) >= 11 is 0. The van der Waals surface area contributed by atoms with Gasteiger partial charge in [0.05, 0.1) is 0 Å². The number of hydrogen-bond acceptors (Lipinski definition) is 0. The van der Waals surface area contributed by atoms with Gasteiger partial charge in [-0.25, -0.2) is 0 Å². The summed E-state index contributed by atoms with van der Waals surface area (Å²) < 4.78 is 0. The predicted octanol–water partition coefficient (Wildman–Crippen LogP) is 13.3. The largest absolute Gasteiger partial charge is 0.0654 e. The lowest BCUT2D eigenvalue weighted by atomic mass is 9.83. The monoisotopic (exact) mass is 507 g/mol. The van der Waals surface area contributed by atoms with Gasteiger partial charge < -0.3 is 0 Å². The number of unbranched alkanes of at least 4 members (excludes halogenated alkanes) is 3. The zero-order valence-electron chi connectivity index (χ0n) is 27.2. The second kappa shape index (κ2) is 24.1. The van der Waals surface area contributed by atoms with Gasteiger partial charge in [0.25, 0.3) is 0 Å². The zero-order chi connectivity index (χ0) is 27.2. The molecule has 0 aliphatic rings. The van der Waals surface area contributed by atoms with Crippen LogP contribution in [0.25, 0.3) is 0 Å². The lowest BCUT2D eigenvalue weighted by Gasteiger charge is -2.23. The second-order valence-electron chi connectivity index (χ2n) is 14.5. The van der Waals surface area contributed by atoms with Crippen LogP contribution in [0.3, 0.4) is 0 Å². The third kappa shape index (κ3) is 24.3. The molecule has 0 bridgehead atoms. The molecule has 0 spiro atoms. The van der Waals surface area contributed by atoms with Crippen LogP contribution in [0, 0.1) is 41.4 Å². The molecule has 0 N–H and O–H groups in total. The van der Waals surface area contributed by atoms with E-state index < -0.39 is 0 Å². The van der Waals surface area contributed by atoms with Crippen molar-refractivity contribution in [1.82, 2.24) is 0 Å². The maximum Gasteiger partial charge on any atom is -0.0412 e. The Morgan fingerprint density at radius 2 is 0.722 bits per heavy atom. The molecule has 218 valence electrons. The average Bonchev–Trinajstić information content (AvgIpc) is 2.79. The Labute approximate surface area is 232 Å². The molecule has 0 aromatic carbocycles. The highest BCUT2D eigenvalue weighted by atomic mass is 14.2. The molecule has 0 heteroatoms. The molecular weight excluding hydrogens is 432 g/mol. The molecule has 0 aromatic heterocycles. The van der Waals surface area contributed by atoms with E-state index in [1.54, 1.807) is 0 Å². The van der Waals surface area contributed by atoms with Crippen LogP contribution in [0.15, 0.2) is 0 Å². The third-order valence-corrected chi connectivity index (χ3v) is 9.01. The molecule has 0 aromatic rings. The summed E-state index contributed by atoms with van der Waals surface area (Å²) in [5.74, 6) is 6.44. The van der Waals surface area contributed by atoms with Gasteiger partial charge in [0.2, 0.25) is 0 Å². The normalized spacial score (nSPS) is 16.4. The van der Waals surface area contributed by atoms with Gasteiger partial charge in [0, 0.05) is 0 Å². The van der Waals surface area contributed by atoms with Crippen LogP contribution in [0.2, 0.25) is 0 Å². The van der Waals surface area contributed by atoms with E-state index in [2.05, 4.69) is 62.3 Å². The van der Waals surface area contributed by atoms with Gasteiger partial charge in [-0.1, -0.05) is 184 Å². The highest BCUT2D eigenvalue weighted by molar-refractivity contribution is 4.68. The SMILES string of the molecule is CCCCCCC(CCCC(C)CCCC(C)C)CC(C)CCC(C)CCCC(C)CCCC(C)C. The fourth-order valence-electron chi connectivity index (χ4n) is 6.25. The van der Waals surface area contributed by atoms with E-state index in [9.17, 15) is 0 Å². The van der Waals surface area contributed by atoms with Crippen LogP contribution in [-0.4, -0.2) is 0 Å². The Kier molecular flexibility index (Phi) is 24.1. The van der Waals surface area contributed by atoms with E-state index in [1.165, 1.54) is 128 Å². The Morgan fingerprint density at radius 1 is 0.333 bits per heavy atom. The first-order valence-corrected chi connectivity index (χ1v) is 17.1. The Hall–Kier alpha value is 0. The van der Waals surface area contributed by atoms with Crippen LogP contribution < -0.4 is 0 Å². The van der Waals surface area contributed by atoms with Crippen molar-refractivity contribution in [3.63, 3.8) is 0 Å². The third-order valence-electron chi connectivity index (χ3n) is 9.01. The summed E-state index contributed by atoms with van der Waals surface area (Å²) in [5.41, 5.74) is 0. The molecule has 0 saturated heterocycles. The zero-order valence-corrected chi connectivity index (χ0v) is 27.2. The molecule has 5 atom stereocenters. The summed E-state index contributed by atoms with van der Waals surface area (Å²) in [7, 11) is 0. The second-order valence-corrected chi connectivity index (χ2v) is 14.5. The minimum absolute atomic E-state index is 0.872. The van der Waals surface area contributed by atoms with Crippen LogP contribution in [0.5, 0.6) is 0 Å². The molecule has 0 radical (unpaired) electrons. The van der Waals surface area contributed by atoms with E-state index in [1.807, 2.05) is 0 Å². The molecule has 0 nitrogen and oxygen atoms in total. The molecule has 0 amide bonds. The van der Waals surface area contributed by atoms with Crippen LogP contribution in [0.1, 0.15) is 191 Å². The lowest BCUT2D eigenvalue weighted by Crippen LogP contribution is -2.10. The summed E-state index contributed by atoms with van der Waals surface area (Å²) in [4.78, 5) is 0. The Bertz CT molecular complexity index is 435. The quantitative estimate of drug-likeness (QED) is 0.102. The molecule has 0 heterocycles. The number of hydrogen-bond donors (Lipinski definition) is 0. The number of rotatable bonds is 26. The predicted molar refractivity (Wildman–Crippen MR) is 168 cm³/mol. The highest BCUT2D eigenvalue weighted by Crippen LogP contribution is 2.30. The highest BCUT2D eigenvalue weighted by Gasteiger charge is 2.15. The molecule has 36 heavy (non-hydrogen) atoms. The molecule has 5 unspecified atom stereocenters. The maximum absolute atomic E-state index is 2.57. The minimum atomic E-state index is 0.872. The molecule has 0 aliphatic carbocycles. The van der Waals surface area contributed by atoms with Gasteiger partial charge >= 0.3 is 0 Å². The van der Waals surface area contributed by atoms with Crippen LogP contribution in [0.4, 0.5) is 0 Å². The first kappa shape index (κ1) is 36.0. The van der Waals surface area contributed by atoms with Crippen molar-refractivity contribution in [2.75, 3.05) is 0 Å². The molecule has 0 saturated carbocycles. The summed E-state index contributed by atoms with van der Waals surface area (Å²) in [6.07, 6.45) is 29.0. The molecule has 0 fully saturated rings. The summed E-state index contributed by atoms with van der Waals surface area (Å²) in [6.45, 7) is 21.9. The van der Waals surface area contributed by atoms with Crippen molar-refractivity contribution in [1.29, 1.82) is 0 Å². The summed E-state index contributed by atoms with van der Waals surface area (Å²) in [5, 5.41) is 0. The van der Waals surface area contributed by atoms with Crippen molar-refractivity contribution >= 4 is 0 Å². The van der Waals surface area contributed by atoms with E-state index >= 15 is 0 Å². The molecular formula is C36H74. The summed E-state index contributed by atoms with van der Waals surface area (Å²) in [6, 6.07) is 0. The average molecular weight is 507 g/mol. The van der Waals surface area contributed by atoms with Crippen molar-refractivity contribution in [3.05, 3.63) is 0 Å². The standard InChI is InChI=1S/C36H74/c1-10-11-12-13-25-36(26-17-24-33(7)21-15-19-31(4)5)29-35(9)28-27-34(8)23-16-22-32(6)20-14-18-30(2)3/h30-36H,10-29H2,1-9H3. The Morgan fingerprint density at radius 3 is 1.19 bits per heavy atom. The topological polar surface area (TPSA) is 0 Å². The first-order valence-electron chi connectivity index (χ1n) is 17.1. The van der Waals surface area contributed by atoms with Gasteiger partial charge in [-0.3, -0.25) is 0 Å². The van der Waals surface area contributed by atoms with E-state index in [-0.39, 0.29) is 0 Å². The van der Waals surface area contributed by atoms with Gasteiger partial charge in [-0.2, -0.15) is 0 Å². The van der Waals surface area contributed by atoms with Crippen LogP contribution >= 0.6 is 0 Å². The van der Waals surface area contributed by atoms with Crippen LogP contribution in [-0.2, 0) is 0 Å². The van der Waals surface area contributed by atoms with Gasteiger partial charge in [-0.15, -0.1) is 0 Å². The fraction of sp³-hybridized carbons (Fsp3) is 1.00. The van der Waals surface area contributed by atoms with E-state index in [0.29, 0.717) is 0 Å². The first-order chi connectivity index (χ1) is 17.1.